The van der Waals surface area contributed by atoms with Gasteiger partial charge in [0, 0.05) is 26.0 Å². The summed E-state index contributed by atoms with van der Waals surface area (Å²) in [6.45, 7) is 3.10. The third kappa shape index (κ3) is 4.77. The smallest absolute Gasteiger partial charge is 0.0771 e. The molecule has 2 atom stereocenters. The highest BCUT2D eigenvalue weighted by atomic mass is 16.5. The normalized spacial score (nSPS) is 20.2. The van der Waals surface area contributed by atoms with Crippen molar-refractivity contribution in [2.45, 2.75) is 44.4 Å². The average Bonchev–Trinajstić information content (AvgIpc) is 3.09. The first-order valence-corrected chi connectivity index (χ1v) is 7.41. The number of anilines is 1. The van der Waals surface area contributed by atoms with Gasteiger partial charge in [0.2, 0.25) is 0 Å². The fraction of sp³-hybridized carbons (Fsp3) is 0.786. The van der Waals surface area contributed by atoms with Crippen molar-refractivity contribution < 1.29 is 9.47 Å². The highest BCUT2D eigenvalue weighted by Gasteiger charge is 2.16. The number of ether oxygens (including phenoxy) is 2. The maximum atomic E-state index is 5.62. The molecule has 6 nitrogen and oxygen atoms in total. The summed E-state index contributed by atoms with van der Waals surface area (Å²) in [6.07, 6.45) is 8.49. The largest absolute Gasteiger partial charge is 0.383 e. The Balaban J connectivity index is 1.82. The van der Waals surface area contributed by atoms with Crippen molar-refractivity contribution in [3.05, 3.63) is 12.4 Å². The zero-order valence-corrected chi connectivity index (χ0v) is 12.3. The van der Waals surface area contributed by atoms with Gasteiger partial charge in [0.15, 0.2) is 0 Å². The van der Waals surface area contributed by atoms with Crippen LogP contribution < -0.4 is 11.1 Å². The van der Waals surface area contributed by atoms with Gasteiger partial charge >= 0.3 is 0 Å². The Morgan fingerprint density at radius 1 is 1.65 bits per heavy atom. The third-order valence-electron chi connectivity index (χ3n) is 3.54. The first kappa shape index (κ1) is 15.3. The van der Waals surface area contributed by atoms with Crippen LogP contribution in [0.2, 0.25) is 0 Å². The van der Waals surface area contributed by atoms with Gasteiger partial charge < -0.3 is 20.5 Å². The Labute approximate surface area is 120 Å². The Bertz CT molecular complexity index is 377. The summed E-state index contributed by atoms with van der Waals surface area (Å²) in [7, 11) is 1.72. The first-order valence-electron chi connectivity index (χ1n) is 7.41. The number of hydrogen-bond acceptors (Lipinski definition) is 5. The maximum Gasteiger partial charge on any atom is 0.0771 e. The zero-order chi connectivity index (χ0) is 14.2. The highest BCUT2D eigenvalue weighted by Crippen LogP contribution is 2.15. The van der Waals surface area contributed by atoms with E-state index in [1.807, 2.05) is 17.1 Å². The summed E-state index contributed by atoms with van der Waals surface area (Å²) >= 11 is 0. The van der Waals surface area contributed by atoms with Crippen molar-refractivity contribution in [1.82, 2.24) is 9.78 Å². The number of nitrogens with two attached hydrogens (primary N) is 1. The number of hydrogen-bond donors (Lipinski definition) is 2. The van der Waals surface area contributed by atoms with E-state index in [4.69, 9.17) is 15.2 Å². The molecule has 1 aliphatic heterocycles. The molecular weight excluding hydrogens is 256 g/mol. The average molecular weight is 282 g/mol. The maximum absolute atomic E-state index is 5.62. The fourth-order valence-corrected chi connectivity index (χ4v) is 2.53. The minimum atomic E-state index is 0.281. The van der Waals surface area contributed by atoms with Gasteiger partial charge in [-0.1, -0.05) is 0 Å². The SMILES string of the molecule is COCC(CCCN)Nc1cnn(CC2CCCO2)c1. The van der Waals surface area contributed by atoms with E-state index < -0.39 is 0 Å². The van der Waals surface area contributed by atoms with E-state index >= 15 is 0 Å². The number of nitrogens with one attached hydrogen (secondary N) is 1. The molecule has 2 heterocycles. The molecule has 3 N–H and O–H groups in total. The van der Waals surface area contributed by atoms with Crippen molar-refractivity contribution in [2.75, 3.05) is 32.2 Å². The molecule has 20 heavy (non-hydrogen) atoms. The van der Waals surface area contributed by atoms with Crippen LogP contribution in [0, 0.1) is 0 Å². The van der Waals surface area contributed by atoms with E-state index in [1.165, 1.54) is 0 Å². The second kappa shape index (κ2) is 8.24. The Hall–Kier alpha value is -1.11. The number of methoxy groups -OCH3 is 1. The van der Waals surface area contributed by atoms with Gasteiger partial charge in [-0.2, -0.15) is 5.10 Å². The Kier molecular flexibility index (Phi) is 6.29. The quantitative estimate of drug-likeness (QED) is 0.712. The zero-order valence-electron chi connectivity index (χ0n) is 12.3. The summed E-state index contributed by atoms with van der Waals surface area (Å²) in [5, 5.41) is 7.84. The fourth-order valence-electron chi connectivity index (χ4n) is 2.53. The molecule has 0 radical (unpaired) electrons. The van der Waals surface area contributed by atoms with Gasteiger partial charge in [-0.15, -0.1) is 0 Å². The van der Waals surface area contributed by atoms with Crippen molar-refractivity contribution >= 4 is 5.69 Å². The lowest BCUT2D eigenvalue weighted by Gasteiger charge is -2.17. The van der Waals surface area contributed by atoms with Crippen molar-refractivity contribution in [2.24, 2.45) is 5.73 Å². The van der Waals surface area contributed by atoms with Crippen molar-refractivity contribution in [3.8, 4) is 0 Å². The van der Waals surface area contributed by atoms with E-state index in [0.717, 1.165) is 44.5 Å². The topological polar surface area (TPSA) is 74.3 Å². The summed E-state index contributed by atoms with van der Waals surface area (Å²) in [6, 6.07) is 0.281. The molecule has 0 aromatic carbocycles. The number of rotatable bonds is 9. The molecule has 1 aromatic rings. The molecule has 0 bridgehead atoms. The molecular formula is C14H26N4O2. The second-order valence-corrected chi connectivity index (χ2v) is 5.31. The standard InChI is InChI=1S/C14H26N4O2/c1-19-11-12(4-2-6-15)17-13-8-16-18(9-13)10-14-5-3-7-20-14/h8-9,12,14,17H,2-7,10-11,15H2,1H3. The lowest BCUT2D eigenvalue weighted by Crippen LogP contribution is -2.25. The molecule has 0 aliphatic carbocycles. The van der Waals surface area contributed by atoms with Crippen LogP contribution >= 0.6 is 0 Å². The van der Waals surface area contributed by atoms with Gasteiger partial charge in [-0.3, -0.25) is 4.68 Å². The minimum Gasteiger partial charge on any atom is -0.383 e. The van der Waals surface area contributed by atoms with E-state index in [-0.39, 0.29) is 6.04 Å². The molecule has 1 aliphatic rings. The van der Waals surface area contributed by atoms with Crippen molar-refractivity contribution in [3.63, 3.8) is 0 Å². The van der Waals surface area contributed by atoms with E-state index in [9.17, 15) is 0 Å². The van der Waals surface area contributed by atoms with Crippen LogP contribution in [0.15, 0.2) is 12.4 Å². The van der Waals surface area contributed by atoms with Crippen molar-refractivity contribution in [1.29, 1.82) is 0 Å². The second-order valence-electron chi connectivity index (χ2n) is 5.31. The Morgan fingerprint density at radius 3 is 3.25 bits per heavy atom. The lowest BCUT2D eigenvalue weighted by molar-refractivity contribution is 0.0940. The van der Waals surface area contributed by atoms with Crippen LogP contribution in [0.25, 0.3) is 0 Å². The molecule has 2 unspecified atom stereocenters. The molecule has 1 fully saturated rings. The summed E-state index contributed by atoms with van der Waals surface area (Å²) < 4.78 is 12.8. The van der Waals surface area contributed by atoms with Gasteiger partial charge in [0.25, 0.3) is 0 Å². The van der Waals surface area contributed by atoms with Gasteiger partial charge in [0.05, 0.1) is 31.1 Å². The monoisotopic (exact) mass is 282 g/mol. The van der Waals surface area contributed by atoms with E-state index in [2.05, 4.69) is 10.4 Å². The third-order valence-corrected chi connectivity index (χ3v) is 3.54. The molecule has 1 saturated heterocycles. The first-order chi connectivity index (χ1) is 9.81. The van der Waals surface area contributed by atoms with Gasteiger partial charge in [0.1, 0.15) is 0 Å². The highest BCUT2D eigenvalue weighted by molar-refractivity contribution is 5.39. The summed E-state index contributed by atoms with van der Waals surface area (Å²) in [5.74, 6) is 0. The molecule has 0 amide bonds. The molecule has 6 heteroatoms. The van der Waals surface area contributed by atoms with Crippen LogP contribution in [-0.4, -0.2) is 48.8 Å². The molecule has 0 spiro atoms. The van der Waals surface area contributed by atoms with Crippen LogP contribution in [0.1, 0.15) is 25.7 Å². The Morgan fingerprint density at radius 2 is 2.55 bits per heavy atom. The van der Waals surface area contributed by atoms with Crippen LogP contribution in [0.4, 0.5) is 5.69 Å². The van der Waals surface area contributed by atoms with Gasteiger partial charge in [-0.25, -0.2) is 0 Å². The molecule has 2 rings (SSSR count). The van der Waals surface area contributed by atoms with Crippen LogP contribution in [0.3, 0.4) is 0 Å². The number of aromatic nitrogens is 2. The van der Waals surface area contributed by atoms with Crippen LogP contribution in [0.5, 0.6) is 0 Å². The lowest BCUT2D eigenvalue weighted by atomic mass is 10.1. The van der Waals surface area contributed by atoms with E-state index in [1.54, 1.807) is 7.11 Å². The summed E-state index contributed by atoms with van der Waals surface area (Å²) in [5.41, 5.74) is 6.59. The van der Waals surface area contributed by atoms with Gasteiger partial charge in [-0.05, 0) is 32.2 Å². The number of nitrogens with zero attached hydrogens (tertiary/aromatic N) is 2. The predicted octanol–water partition coefficient (Wildman–Crippen LogP) is 1.23. The molecule has 1 aromatic heterocycles. The minimum absolute atomic E-state index is 0.281. The summed E-state index contributed by atoms with van der Waals surface area (Å²) in [4.78, 5) is 0. The van der Waals surface area contributed by atoms with E-state index in [0.29, 0.717) is 19.3 Å². The molecule has 0 saturated carbocycles. The predicted molar refractivity (Wildman–Crippen MR) is 78.8 cm³/mol. The molecule has 114 valence electrons. The van der Waals surface area contributed by atoms with Crippen LogP contribution in [-0.2, 0) is 16.0 Å².